The lowest BCUT2D eigenvalue weighted by atomic mass is 10.0. The monoisotopic (exact) mass is 279 g/mol. The molecule has 5 heteroatoms. The average molecular weight is 279 g/mol. The number of thiazole rings is 1. The second kappa shape index (κ2) is 5.13. The Balaban J connectivity index is 1.42. The first-order valence-corrected chi connectivity index (χ1v) is 8.20. The van der Waals surface area contributed by atoms with Crippen LogP contribution in [0.3, 0.4) is 0 Å². The molecule has 0 aromatic carbocycles. The molecule has 0 radical (unpaired) electrons. The maximum atomic E-state index is 5.77. The highest BCUT2D eigenvalue weighted by Gasteiger charge is 2.40. The summed E-state index contributed by atoms with van der Waals surface area (Å²) in [7, 11) is 0. The molecule has 2 atom stereocenters. The standard InChI is InChI=1S/C14H21N3OS/c1-2-11(1)5-17-12-6-16(7-13(17)10-18-9-12)8-14-15-3-4-19-14/h3-4,11-13H,1-2,5-10H2/t12-,13+. The van der Waals surface area contributed by atoms with Crippen molar-refractivity contribution in [2.45, 2.75) is 31.5 Å². The van der Waals surface area contributed by atoms with Gasteiger partial charge in [0.05, 0.1) is 19.8 Å². The first-order valence-electron chi connectivity index (χ1n) is 7.32. The van der Waals surface area contributed by atoms with E-state index in [9.17, 15) is 0 Å². The van der Waals surface area contributed by atoms with Gasteiger partial charge in [0.25, 0.3) is 0 Å². The number of ether oxygens (including phenoxy) is 1. The van der Waals surface area contributed by atoms with Crippen LogP contribution in [0.15, 0.2) is 11.6 Å². The van der Waals surface area contributed by atoms with E-state index >= 15 is 0 Å². The molecular formula is C14H21N3OS. The largest absolute Gasteiger partial charge is 0.378 e. The van der Waals surface area contributed by atoms with Crippen LogP contribution in [0.25, 0.3) is 0 Å². The molecular weight excluding hydrogens is 258 g/mol. The number of morpholine rings is 1. The lowest BCUT2D eigenvalue weighted by Crippen LogP contribution is -2.64. The summed E-state index contributed by atoms with van der Waals surface area (Å²) in [6, 6.07) is 1.21. The fraction of sp³-hybridized carbons (Fsp3) is 0.786. The summed E-state index contributed by atoms with van der Waals surface area (Å²) in [6.45, 7) is 6.44. The van der Waals surface area contributed by atoms with Gasteiger partial charge in [-0.25, -0.2) is 4.98 Å². The van der Waals surface area contributed by atoms with Crippen molar-refractivity contribution in [1.29, 1.82) is 0 Å². The summed E-state index contributed by atoms with van der Waals surface area (Å²) in [5.74, 6) is 0.980. The summed E-state index contributed by atoms with van der Waals surface area (Å²) >= 11 is 1.77. The minimum Gasteiger partial charge on any atom is -0.378 e. The number of hydrogen-bond donors (Lipinski definition) is 0. The normalized spacial score (nSPS) is 32.6. The van der Waals surface area contributed by atoms with Gasteiger partial charge in [-0.05, 0) is 18.8 Å². The highest BCUT2D eigenvalue weighted by atomic mass is 32.1. The van der Waals surface area contributed by atoms with Crippen molar-refractivity contribution in [3.8, 4) is 0 Å². The summed E-state index contributed by atoms with van der Waals surface area (Å²) in [5.41, 5.74) is 0. The number of fused-ring (bicyclic) bond motifs is 2. The second-order valence-electron chi connectivity index (χ2n) is 6.11. The molecule has 2 aliphatic heterocycles. The predicted octanol–water partition coefficient (Wildman–Crippen LogP) is 1.44. The van der Waals surface area contributed by atoms with Crippen LogP contribution in [0.2, 0.25) is 0 Å². The van der Waals surface area contributed by atoms with E-state index < -0.39 is 0 Å². The van der Waals surface area contributed by atoms with Crippen LogP contribution in [0.5, 0.6) is 0 Å². The minimum atomic E-state index is 0.605. The fourth-order valence-electron chi connectivity index (χ4n) is 3.36. The maximum absolute atomic E-state index is 5.77. The van der Waals surface area contributed by atoms with Crippen LogP contribution in [0.1, 0.15) is 17.8 Å². The van der Waals surface area contributed by atoms with Gasteiger partial charge in [-0.1, -0.05) is 0 Å². The van der Waals surface area contributed by atoms with Crippen molar-refractivity contribution in [1.82, 2.24) is 14.8 Å². The molecule has 19 heavy (non-hydrogen) atoms. The molecule has 2 bridgehead atoms. The lowest BCUT2D eigenvalue weighted by Gasteiger charge is -2.49. The van der Waals surface area contributed by atoms with Gasteiger partial charge in [-0.15, -0.1) is 11.3 Å². The van der Waals surface area contributed by atoms with E-state index in [0.717, 1.165) is 38.8 Å². The summed E-state index contributed by atoms with van der Waals surface area (Å²) in [5, 5.41) is 3.32. The van der Waals surface area contributed by atoms with E-state index in [0.29, 0.717) is 12.1 Å². The Morgan fingerprint density at radius 2 is 2.05 bits per heavy atom. The van der Waals surface area contributed by atoms with E-state index in [-0.39, 0.29) is 0 Å². The Labute approximate surface area is 118 Å². The third kappa shape index (κ3) is 2.70. The maximum Gasteiger partial charge on any atom is 0.107 e. The van der Waals surface area contributed by atoms with E-state index in [2.05, 4.69) is 20.2 Å². The van der Waals surface area contributed by atoms with Crippen LogP contribution >= 0.6 is 11.3 Å². The number of rotatable bonds is 4. The van der Waals surface area contributed by atoms with Gasteiger partial charge in [-0.3, -0.25) is 9.80 Å². The molecule has 0 unspecified atom stereocenters. The molecule has 2 saturated heterocycles. The summed E-state index contributed by atoms with van der Waals surface area (Å²) in [6.07, 6.45) is 4.80. The SMILES string of the molecule is c1csc(CN2C[C@H]3COC[C@@H](C2)N3CC2CC2)n1. The van der Waals surface area contributed by atoms with Crippen LogP contribution in [-0.4, -0.2) is 59.7 Å². The second-order valence-corrected chi connectivity index (χ2v) is 7.08. The number of hydrogen-bond acceptors (Lipinski definition) is 5. The van der Waals surface area contributed by atoms with Gasteiger partial charge in [0.1, 0.15) is 5.01 Å². The van der Waals surface area contributed by atoms with Crippen molar-refractivity contribution >= 4 is 11.3 Å². The highest BCUT2D eigenvalue weighted by molar-refractivity contribution is 7.09. The average Bonchev–Trinajstić information content (AvgIpc) is 3.05. The topological polar surface area (TPSA) is 28.6 Å². The van der Waals surface area contributed by atoms with Crippen molar-refractivity contribution < 1.29 is 4.74 Å². The fourth-order valence-corrected chi connectivity index (χ4v) is 4.02. The van der Waals surface area contributed by atoms with Crippen LogP contribution in [-0.2, 0) is 11.3 Å². The van der Waals surface area contributed by atoms with Gasteiger partial charge in [0, 0.05) is 43.3 Å². The zero-order valence-corrected chi connectivity index (χ0v) is 12.0. The van der Waals surface area contributed by atoms with Gasteiger partial charge < -0.3 is 4.74 Å². The van der Waals surface area contributed by atoms with E-state index in [1.165, 1.54) is 24.4 Å². The molecule has 1 aromatic rings. The Bertz CT molecular complexity index is 406. The van der Waals surface area contributed by atoms with Crippen molar-refractivity contribution in [3.63, 3.8) is 0 Å². The summed E-state index contributed by atoms with van der Waals surface area (Å²) in [4.78, 5) is 9.72. The van der Waals surface area contributed by atoms with E-state index in [1.807, 2.05) is 6.20 Å². The van der Waals surface area contributed by atoms with Crippen LogP contribution in [0.4, 0.5) is 0 Å². The molecule has 1 saturated carbocycles. The van der Waals surface area contributed by atoms with Gasteiger partial charge in [-0.2, -0.15) is 0 Å². The lowest BCUT2D eigenvalue weighted by molar-refractivity contribution is -0.100. The molecule has 1 aliphatic carbocycles. The Hall–Kier alpha value is -0.490. The van der Waals surface area contributed by atoms with E-state index in [4.69, 9.17) is 4.74 Å². The molecule has 104 valence electrons. The zero-order chi connectivity index (χ0) is 12.7. The molecule has 0 spiro atoms. The molecule has 0 N–H and O–H groups in total. The van der Waals surface area contributed by atoms with Gasteiger partial charge in [0.15, 0.2) is 0 Å². The molecule has 0 amide bonds. The zero-order valence-electron chi connectivity index (χ0n) is 11.2. The Kier molecular flexibility index (Phi) is 3.31. The molecule has 4 rings (SSSR count). The number of aromatic nitrogens is 1. The van der Waals surface area contributed by atoms with Crippen LogP contribution in [0, 0.1) is 5.92 Å². The summed E-state index contributed by atoms with van der Waals surface area (Å²) < 4.78 is 5.77. The third-order valence-electron chi connectivity index (χ3n) is 4.50. The molecule has 3 aliphatic rings. The molecule has 3 fully saturated rings. The van der Waals surface area contributed by atoms with Gasteiger partial charge >= 0.3 is 0 Å². The number of nitrogens with zero attached hydrogens (tertiary/aromatic N) is 3. The molecule has 4 nitrogen and oxygen atoms in total. The van der Waals surface area contributed by atoms with Gasteiger partial charge in [0.2, 0.25) is 0 Å². The van der Waals surface area contributed by atoms with E-state index in [1.54, 1.807) is 11.3 Å². The van der Waals surface area contributed by atoms with Crippen molar-refractivity contribution in [2.24, 2.45) is 5.92 Å². The smallest absolute Gasteiger partial charge is 0.107 e. The Morgan fingerprint density at radius 1 is 1.26 bits per heavy atom. The molecule has 1 aromatic heterocycles. The predicted molar refractivity (Wildman–Crippen MR) is 75.2 cm³/mol. The van der Waals surface area contributed by atoms with Crippen LogP contribution < -0.4 is 0 Å². The molecule has 3 heterocycles. The Morgan fingerprint density at radius 3 is 2.68 bits per heavy atom. The van der Waals surface area contributed by atoms with Crippen molar-refractivity contribution in [2.75, 3.05) is 32.8 Å². The quantitative estimate of drug-likeness (QED) is 0.834. The first kappa shape index (κ1) is 12.3. The first-order chi connectivity index (χ1) is 9.38. The minimum absolute atomic E-state index is 0.605. The highest BCUT2D eigenvalue weighted by Crippen LogP contribution is 2.33. The number of piperazine rings is 1. The van der Waals surface area contributed by atoms with Crippen molar-refractivity contribution in [3.05, 3.63) is 16.6 Å². The third-order valence-corrected chi connectivity index (χ3v) is 5.27.